The van der Waals surface area contributed by atoms with Crippen molar-refractivity contribution in [1.82, 2.24) is 10.2 Å². The molecule has 3 amide bonds. The van der Waals surface area contributed by atoms with Crippen LogP contribution in [0.15, 0.2) is 30.0 Å². The van der Waals surface area contributed by atoms with Gasteiger partial charge in [-0.05, 0) is 23.6 Å². The number of carboxylic acids is 1. The van der Waals surface area contributed by atoms with Gasteiger partial charge in [0.1, 0.15) is 5.70 Å². The summed E-state index contributed by atoms with van der Waals surface area (Å²) in [7, 11) is 0. The number of carboxylic acid groups (broad SMARTS) is 1. The predicted octanol–water partition coefficient (Wildman–Crippen LogP) is 0.353. The molecule has 1 N–H and O–H groups in total. The molecule has 0 atom stereocenters. The Bertz CT molecular complexity index is 590. The van der Waals surface area contributed by atoms with E-state index in [2.05, 4.69) is 5.32 Å². The van der Waals surface area contributed by atoms with Gasteiger partial charge in [-0.2, -0.15) is 0 Å². The van der Waals surface area contributed by atoms with Crippen molar-refractivity contribution in [2.75, 3.05) is 6.54 Å². The molecule has 0 unspecified atom stereocenters. The molecule has 1 heterocycles. The van der Waals surface area contributed by atoms with E-state index in [1.807, 2.05) is 6.92 Å². The van der Waals surface area contributed by atoms with Gasteiger partial charge >= 0.3 is 6.03 Å². The van der Waals surface area contributed by atoms with Gasteiger partial charge in [-0.25, -0.2) is 4.79 Å². The molecule has 104 valence electrons. The first-order chi connectivity index (χ1) is 9.52. The van der Waals surface area contributed by atoms with Crippen LogP contribution in [0.25, 0.3) is 6.08 Å². The topological polar surface area (TPSA) is 89.5 Å². The zero-order chi connectivity index (χ0) is 14.7. The Labute approximate surface area is 115 Å². The number of aromatic carboxylic acids is 1. The highest BCUT2D eigenvalue weighted by atomic mass is 16.4. The van der Waals surface area contributed by atoms with Crippen molar-refractivity contribution in [3.63, 3.8) is 0 Å². The van der Waals surface area contributed by atoms with Crippen molar-refractivity contribution < 1.29 is 19.5 Å². The minimum Gasteiger partial charge on any atom is -0.545 e. The molecule has 1 aliphatic rings. The summed E-state index contributed by atoms with van der Waals surface area (Å²) in [6.45, 7) is 2.24. The smallest absolute Gasteiger partial charge is 0.329 e. The quantitative estimate of drug-likeness (QED) is 0.633. The van der Waals surface area contributed by atoms with Crippen molar-refractivity contribution in [2.45, 2.75) is 13.3 Å². The fourth-order valence-corrected chi connectivity index (χ4v) is 1.88. The predicted molar refractivity (Wildman–Crippen MR) is 69.3 cm³/mol. The molecule has 0 radical (unpaired) electrons. The van der Waals surface area contributed by atoms with Crippen LogP contribution in [0.3, 0.4) is 0 Å². The van der Waals surface area contributed by atoms with Gasteiger partial charge < -0.3 is 15.2 Å². The minimum atomic E-state index is -1.26. The Balaban J connectivity index is 2.21. The number of hydrogen-bond donors (Lipinski definition) is 1. The van der Waals surface area contributed by atoms with Crippen LogP contribution < -0.4 is 10.4 Å². The molecule has 1 saturated heterocycles. The van der Waals surface area contributed by atoms with Crippen molar-refractivity contribution in [2.24, 2.45) is 0 Å². The molecule has 0 saturated carbocycles. The van der Waals surface area contributed by atoms with Crippen LogP contribution in [-0.2, 0) is 4.79 Å². The molecule has 6 nitrogen and oxygen atoms in total. The van der Waals surface area contributed by atoms with E-state index in [0.29, 0.717) is 18.5 Å². The number of hydrogen-bond acceptors (Lipinski definition) is 4. The highest BCUT2D eigenvalue weighted by molar-refractivity contribution is 6.13. The van der Waals surface area contributed by atoms with Crippen LogP contribution in [0, 0.1) is 0 Å². The maximum absolute atomic E-state index is 12.0. The fraction of sp³-hybridized carbons (Fsp3) is 0.214. The number of nitrogens with one attached hydrogen (secondary N) is 1. The van der Waals surface area contributed by atoms with Crippen molar-refractivity contribution >= 4 is 24.0 Å². The minimum absolute atomic E-state index is 0.0570. The van der Waals surface area contributed by atoms with Crippen molar-refractivity contribution in [3.8, 4) is 0 Å². The lowest BCUT2D eigenvalue weighted by Gasteiger charge is -2.08. The lowest BCUT2D eigenvalue weighted by atomic mass is 10.1. The molecule has 20 heavy (non-hydrogen) atoms. The van der Waals surface area contributed by atoms with Crippen molar-refractivity contribution in [3.05, 3.63) is 41.1 Å². The second-order valence-electron chi connectivity index (χ2n) is 4.35. The monoisotopic (exact) mass is 273 g/mol. The zero-order valence-corrected chi connectivity index (χ0v) is 10.9. The second kappa shape index (κ2) is 5.56. The number of imide groups is 1. The number of nitrogens with zero attached hydrogens (tertiary/aromatic N) is 1. The Morgan fingerprint density at radius 1 is 1.30 bits per heavy atom. The van der Waals surface area contributed by atoms with Gasteiger partial charge in [0, 0.05) is 6.54 Å². The highest BCUT2D eigenvalue weighted by Crippen LogP contribution is 2.14. The molecule has 1 aromatic carbocycles. The van der Waals surface area contributed by atoms with E-state index in [4.69, 9.17) is 0 Å². The lowest BCUT2D eigenvalue weighted by Crippen LogP contribution is -2.31. The first kappa shape index (κ1) is 13.8. The molecule has 1 fully saturated rings. The summed E-state index contributed by atoms with van der Waals surface area (Å²) in [4.78, 5) is 35.3. The lowest BCUT2D eigenvalue weighted by molar-refractivity contribution is -0.255. The van der Waals surface area contributed by atoms with E-state index in [-0.39, 0.29) is 17.2 Å². The first-order valence-electron chi connectivity index (χ1n) is 6.19. The standard InChI is InChI=1S/C14H14N2O4/c1-2-7-16-12(17)11(15-14(16)20)8-9-3-5-10(6-4-9)13(18)19/h3-6,8H,2,7H2,1H3,(H,15,20)(H,18,19)/p-1/b11-8+. The Morgan fingerprint density at radius 3 is 2.50 bits per heavy atom. The molecule has 1 aromatic rings. The summed E-state index contributed by atoms with van der Waals surface area (Å²) in [5, 5.41) is 13.1. The SMILES string of the molecule is CCCN1C(=O)N/C(=C/c2ccc(C(=O)[O-])cc2)C1=O. The van der Waals surface area contributed by atoms with Crippen LogP contribution in [-0.4, -0.2) is 29.4 Å². The molecule has 1 aliphatic heterocycles. The zero-order valence-electron chi connectivity index (χ0n) is 10.9. The van der Waals surface area contributed by atoms with Crippen LogP contribution >= 0.6 is 0 Å². The average Bonchev–Trinajstić information content (AvgIpc) is 2.67. The van der Waals surface area contributed by atoms with Crippen LogP contribution in [0.2, 0.25) is 0 Å². The Morgan fingerprint density at radius 2 is 1.95 bits per heavy atom. The number of benzene rings is 1. The van der Waals surface area contributed by atoms with Gasteiger partial charge in [0.2, 0.25) is 0 Å². The number of carbonyl (C=O) groups excluding carboxylic acids is 3. The third kappa shape index (κ3) is 2.69. The Kier molecular flexibility index (Phi) is 3.84. The molecule has 0 aliphatic carbocycles. The molecule has 0 aromatic heterocycles. The fourth-order valence-electron chi connectivity index (χ4n) is 1.88. The van der Waals surface area contributed by atoms with E-state index in [1.165, 1.54) is 18.2 Å². The van der Waals surface area contributed by atoms with Crippen molar-refractivity contribution in [1.29, 1.82) is 0 Å². The second-order valence-corrected chi connectivity index (χ2v) is 4.35. The van der Waals surface area contributed by atoms with E-state index >= 15 is 0 Å². The maximum atomic E-state index is 12.0. The summed E-state index contributed by atoms with van der Waals surface area (Å²) in [6.07, 6.45) is 2.20. The summed E-state index contributed by atoms with van der Waals surface area (Å²) in [6, 6.07) is 5.41. The number of carbonyl (C=O) groups is 3. The maximum Gasteiger partial charge on any atom is 0.329 e. The normalized spacial score (nSPS) is 16.6. The van der Waals surface area contributed by atoms with Gasteiger partial charge in [0.15, 0.2) is 0 Å². The van der Waals surface area contributed by atoms with E-state index in [9.17, 15) is 19.5 Å². The third-order valence-electron chi connectivity index (χ3n) is 2.87. The summed E-state index contributed by atoms with van der Waals surface area (Å²) < 4.78 is 0. The summed E-state index contributed by atoms with van der Waals surface area (Å²) >= 11 is 0. The van der Waals surface area contributed by atoms with Gasteiger partial charge in [0.25, 0.3) is 5.91 Å². The molecule has 0 bridgehead atoms. The highest BCUT2D eigenvalue weighted by Gasteiger charge is 2.32. The van der Waals surface area contributed by atoms with E-state index in [0.717, 1.165) is 4.90 Å². The number of rotatable bonds is 4. The van der Waals surface area contributed by atoms with Gasteiger partial charge in [0.05, 0.1) is 5.97 Å². The van der Waals surface area contributed by atoms with Crippen LogP contribution in [0.4, 0.5) is 4.79 Å². The molecular formula is C14H13N2O4-. The van der Waals surface area contributed by atoms with Gasteiger partial charge in [-0.1, -0.05) is 31.2 Å². The van der Waals surface area contributed by atoms with Crippen LogP contribution in [0.5, 0.6) is 0 Å². The molecule has 6 heteroatoms. The third-order valence-corrected chi connectivity index (χ3v) is 2.87. The number of amides is 3. The largest absolute Gasteiger partial charge is 0.545 e. The average molecular weight is 273 g/mol. The summed E-state index contributed by atoms with van der Waals surface area (Å²) in [5.74, 6) is -1.63. The van der Waals surface area contributed by atoms with Crippen LogP contribution in [0.1, 0.15) is 29.3 Å². The van der Waals surface area contributed by atoms with Gasteiger partial charge in [-0.15, -0.1) is 0 Å². The van der Waals surface area contributed by atoms with E-state index < -0.39 is 12.0 Å². The van der Waals surface area contributed by atoms with E-state index in [1.54, 1.807) is 12.1 Å². The molecule has 0 spiro atoms. The molecular weight excluding hydrogens is 260 g/mol. The summed E-state index contributed by atoms with van der Waals surface area (Å²) in [5.41, 5.74) is 0.864. The van der Waals surface area contributed by atoms with Gasteiger partial charge in [-0.3, -0.25) is 9.69 Å². The number of urea groups is 1. The first-order valence-corrected chi connectivity index (χ1v) is 6.19. The Hall–Kier alpha value is -2.63. The molecule has 2 rings (SSSR count).